The van der Waals surface area contributed by atoms with Crippen molar-refractivity contribution in [1.82, 2.24) is 20.0 Å². The minimum Gasteiger partial charge on any atom is -0.466 e. The summed E-state index contributed by atoms with van der Waals surface area (Å²) in [6.07, 6.45) is 4.42. The average molecular weight is 387 g/mol. The molecular formula is C18H18FN5O2S. The van der Waals surface area contributed by atoms with E-state index in [9.17, 15) is 9.18 Å². The van der Waals surface area contributed by atoms with Gasteiger partial charge in [0, 0.05) is 23.8 Å². The third-order valence-corrected chi connectivity index (χ3v) is 4.40. The van der Waals surface area contributed by atoms with Gasteiger partial charge in [-0.05, 0) is 43.7 Å². The Kier molecular flexibility index (Phi) is 5.92. The first-order valence-corrected chi connectivity index (χ1v) is 9.10. The van der Waals surface area contributed by atoms with Crippen LogP contribution in [0.5, 0.6) is 5.88 Å². The average Bonchev–Trinajstić information content (AvgIpc) is 3.10. The summed E-state index contributed by atoms with van der Waals surface area (Å²) in [5.41, 5.74) is 4.26. The van der Waals surface area contributed by atoms with Crippen LogP contribution in [-0.4, -0.2) is 27.0 Å². The molecule has 0 aliphatic rings. The Morgan fingerprint density at radius 1 is 1.33 bits per heavy atom. The lowest BCUT2D eigenvalue weighted by Gasteiger charge is -2.12. The number of ether oxygens (including phenoxy) is 1. The van der Waals surface area contributed by atoms with Crippen molar-refractivity contribution in [2.45, 2.75) is 19.9 Å². The molecule has 0 saturated heterocycles. The van der Waals surface area contributed by atoms with Crippen LogP contribution >= 0.6 is 11.3 Å². The third-order valence-electron chi connectivity index (χ3n) is 3.56. The Morgan fingerprint density at radius 3 is 2.78 bits per heavy atom. The normalized spacial score (nSPS) is 11.6. The molecule has 0 aliphatic carbocycles. The minimum atomic E-state index is -0.410. The fourth-order valence-electron chi connectivity index (χ4n) is 2.37. The van der Waals surface area contributed by atoms with E-state index in [1.54, 1.807) is 12.1 Å². The van der Waals surface area contributed by atoms with Crippen LogP contribution in [0.2, 0.25) is 0 Å². The highest BCUT2D eigenvalue weighted by Gasteiger charge is 2.11. The number of aromatic nitrogens is 3. The van der Waals surface area contributed by atoms with Gasteiger partial charge in [0.2, 0.25) is 10.7 Å². The summed E-state index contributed by atoms with van der Waals surface area (Å²) >= 11 is 1.38. The SMILES string of the molecule is CC(C)n1c(-c2ccc(F)cc2)cs/c1=N\NC(=O)COc1cnccn1. The third kappa shape index (κ3) is 4.76. The van der Waals surface area contributed by atoms with E-state index in [1.807, 2.05) is 23.8 Å². The Balaban J connectivity index is 1.75. The molecule has 9 heteroatoms. The van der Waals surface area contributed by atoms with Crippen LogP contribution in [0, 0.1) is 5.82 Å². The van der Waals surface area contributed by atoms with Crippen molar-refractivity contribution >= 4 is 17.2 Å². The number of nitrogens with one attached hydrogen (secondary N) is 1. The zero-order chi connectivity index (χ0) is 19.2. The summed E-state index contributed by atoms with van der Waals surface area (Å²) in [6.45, 7) is 3.80. The zero-order valence-electron chi connectivity index (χ0n) is 14.8. The first-order chi connectivity index (χ1) is 13.0. The Labute approximate surface area is 159 Å². The molecule has 0 atom stereocenters. The summed E-state index contributed by atoms with van der Waals surface area (Å²) in [6, 6.07) is 6.36. The lowest BCUT2D eigenvalue weighted by atomic mass is 10.1. The summed E-state index contributed by atoms with van der Waals surface area (Å²) in [5, 5.41) is 6.12. The number of carbonyl (C=O) groups excluding carboxylic acids is 1. The van der Waals surface area contributed by atoms with Gasteiger partial charge in [-0.15, -0.1) is 16.4 Å². The van der Waals surface area contributed by atoms with E-state index in [0.29, 0.717) is 4.80 Å². The molecule has 0 saturated carbocycles. The Hall–Kier alpha value is -3.07. The highest BCUT2D eigenvalue weighted by atomic mass is 32.1. The van der Waals surface area contributed by atoms with Crippen LogP contribution in [0.25, 0.3) is 11.3 Å². The molecule has 1 amide bonds. The van der Waals surface area contributed by atoms with Crippen molar-refractivity contribution in [3.05, 3.63) is 58.9 Å². The van der Waals surface area contributed by atoms with Gasteiger partial charge in [0.15, 0.2) is 6.61 Å². The first-order valence-electron chi connectivity index (χ1n) is 8.22. The molecule has 140 valence electrons. The molecule has 27 heavy (non-hydrogen) atoms. The number of hydrogen-bond donors (Lipinski definition) is 1. The zero-order valence-corrected chi connectivity index (χ0v) is 15.6. The molecule has 1 aromatic carbocycles. The Morgan fingerprint density at radius 2 is 2.11 bits per heavy atom. The summed E-state index contributed by atoms with van der Waals surface area (Å²) < 4.78 is 20.4. The summed E-state index contributed by atoms with van der Waals surface area (Å²) in [5.74, 6) is -0.433. The van der Waals surface area contributed by atoms with Gasteiger partial charge >= 0.3 is 0 Å². The van der Waals surface area contributed by atoms with Gasteiger partial charge in [-0.25, -0.2) is 14.8 Å². The lowest BCUT2D eigenvalue weighted by molar-refractivity contribution is -0.123. The van der Waals surface area contributed by atoms with E-state index < -0.39 is 5.91 Å². The molecule has 0 unspecified atom stereocenters. The first kappa shape index (κ1) is 18.7. The topological polar surface area (TPSA) is 81.4 Å². The maximum Gasteiger partial charge on any atom is 0.278 e. The number of halogens is 1. The fraction of sp³-hybridized carbons (Fsp3) is 0.222. The molecule has 3 aromatic rings. The van der Waals surface area contributed by atoms with Gasteiger partial charge in [0.05, 0.1) is 11.9 Å². The van der Waals surface area contributed by atoms with Crippen LogP contribution in [0.4, 0.5) is 4.39 Å². The number of rotatable bonds is 6. The van der Waals surface area contributed by atoms with Gasteiger partial charge in [0.25, 0.3) is 5.91 Å². The predicted molar refractivity (Wildman–Crippen MR) is 99.3 cm³/mol. The van der Waals surface area contributed by atoms with E-state index in [4.69, 9.17) is 4.74 Å². The van der Waals surface area contributed by atoms with Crippen LogP contribution in [0.15, 0.2) is 53.3 Å². The largest absolute Gasteiger partial charge is 0.466 e. The number of hydrogen-bond acceptors (Lipinski definition) is 6. The van der Waals surface area contributed by atoms with Crippen LogP contribution in [-0.2, 0) is 4.79 Å². The molecule has 2 aromatic heterocycles. The molecule has 0 spiro atoms. The van der Waals surface area contributed by atoms with Gasteiger partial charge < -0.3 is 9.30 Å². The molecule has 1 N–H and O–H groups in total. The van der Waals surface area contributed by atoms with Crippen LogP contribution < -0.4 is 15.0 Å². The van der Waals surface area contributed by atoms with Gasteiger partial charge in [-0.3, -0.25) is 9.78 Å². The van der Waals surface area contributed by atoms with E-state index >= 15 is 0 Å². The smallest absolute Gasteiger partial charge is 0.278 e. The lowest BCUT2D eigenvalue weighted by Crippen LogP contribution is -2.29. The van der Waals surface area contributed by atoms with Gasteiger partial charge in [0.1, 0.15) is 5.82 Å². The highest BCUT2D eigenvalue weighted by molar-refractivity contribution is 7.07. The van der Waals surface area contributed by atoms with E-state index in [1.165, 1.54) is 42.1 Å². The maximum absolute atomic E-state index is 13.2. The number of nitrogens with zero attached hydrogens (tertiary/aromatic N) is 4. The molecule has 0 aliphatic heterocycles. The molecule has 7 nitrogen and oxygen atoms in total. The van der Waals surface area contributed by atoms with Crippen LogP contribution in [0.3, 0.4) is 0 Å². The molecular weight excluding hydrogens is 369 g/mol. The Bertz CT molecular complexity index is 967. The molecule has 2 heterocycles. The maximum atomic E-state index is 13.2. The summed E-state index contributed by atoms with van der Waals surface area (Å²) in [7, 11) is 0. The van der Waals surface area contributed by atoms with Crippen molar-refractivity contribution in [2.75, 3.05) is 6.61 Å². The van der Waals surface area contributed by atoms with Crippen molar-refractivity contribution in [1.29, 1.82) is 0 Å². The van der Waals surface area contributed by atoms with Crippen molar-refractivity contribution in [2.24, 2.45) is 5.10 Å². The van der Waals surface area contributed by atoms with Crippen molar-refractivity contribution < 1.29 is 13.9 Å². The van der Waals surface area contributed by atoms with E-state index in [2.05, 4.69) is 20.5 Å². The second-order valence-corrected chi connectivity index (χ2v) is 6.69. The monoisotopic (exact) mass is 387 g/mol. The van der Waals surface area contributed by atoms with Crippen molar-refractivity contribution in [3.63, 3.8) is 0 Å². The second kappa shape index (κ2) is 8.54. The highest BCUT2D eigenvalue weighted by Crippen LogP contribution is 2.23. The van der Waals surface area contributed by atoms with Gasteiger partial charge in [-0.1, -0.05) is 0 Å². The van der Waals surface area contributed by atoms with Gasteiger partial charge in [-0.2, -0.15) is 0 Å². The second-order valence-electron chi connectivity index (χ2n) is 5.85. The molecule has 0 bridgehead atoms. The quantitative estimate of drug-likeness (QED) is 0.660. The number of amides is 1. The van der Waals surface area contributed by atoms with E-state index in [0.717, 1.165) is 11.3 Å². The predicted octanol–water partition coefficient (Wildman–Crippen LogP) is 2.74. The van der Waals surface area contributed by atoms with E-state index in [-0.39, 0.29) is 24.3 Å². The summed E-state index contributed by atoms with van der Waals surface area (Å²) in [4.78, 5) is 20.4. The number of thiazole rings is 1. The number of carbonyl (C=O) groups is 1. The van der Waals surface area contributed by atoms with Crippen molar-refractivity contribution in [3.8, 4) is 17.1 Å². The standard InChI is InChI=1S/C18H18FN5O2S/c1-12(2)24-15(13-3-5-14(19)6-4-13)11-27-18(24)23-22-16(25)10-26-17-9-20-7-8-21-17/h3-9,11-12H,10H2,1-2H3,(H,22,25)/b23-18-. The minimum absolute atomic E-state index is 0.0998. The molecule has 0 fully saturated rings. The fourth-order valence-corrected chi connectivity index (χ4v) is 3.36. The van der Waals surface area contributed by atoms with Crippen LogP contribution in [0.1, 0.15) is 19.9 Å². The molecule has 0 radical (unpaired) electrons. The number of benzene rings is 1. The molecule has 3 rings (SSSR count).